The topological polar surface area (TPSA) is 37.4 Å². The molecule has 0 aliphatic carbocycles. The molecule has 3 nitrogen and oxygen atoms in total. The van der Waals surface area contributed by atoms with Crippen LogP contribution in [0.1, 0.15) is 43.7 Å². The molecule has 0 aliphatic heterocycles. The first-order chi connectivity index (χ1) is 11.5. The van der Waals surface area contributed by atoms with Gasteiger partial charge in [0.1, 0.15) is 0 Å². The molecule has 0 aromatic heterocycles. The number of hydrogen-bond donors (Lipinski definition) is 0. The van der Waals surface area contributed by atoms with Gasteiger partial charge in [0.15, 0.2) is 0 Å². The molecule has 130 valence electrons. The minimum atomic E-state index is -3.45. The molecule has 2 aromatic rings. The van der Waals surface area contributed by atoms with E-state index in [1.165, 1.54) is 29.1 Å². The zero-order valence-electron chi connectivity index (χ0n) is 14.6. The van der Waals surface area contributed by atoms with E-state index in [1.807, 2.05) is 42.5 Å². The molecule has 0 amide bonds. The van der Waals surface area contributed by atoms with Crippen LogP contribution in [0.5, 0.6) is 0 Å². The Hall–Kier alpha value is -1.65. The summed E-state index contributed by atoms with van der Waals surface area (Å²) in [5.74, 6) is 0. The van der Waals surface area contributed by atoms with Crippen LogP contribution in [0.2, 0.25) is 0 Å². The van der Waals surface area contributed by atoms with E-state index >= 15 is 0 Å². The third kappa shape index (κ3) is 5.18. The van der Waals surface area contributed by atoms with Gasteiger partial charge in [-0.1, -0.05) is 68.7 Å². The maximum atomic E-state index is 12.7. The molecule has 2 aromatic carbocycles. The van der Waals surface area contributed by atoms with Crippen LogP contribution in [0.25, 0.3) is 0 Å². The normalized spacial score (nSPS) is 11.8. The van der Waals surface area contributed by atoms with Gasteiger partial charge in [0.2, 0.25) is 10.0 Å². The monoisotopic (exact) mass is 345 g/mol. The number of hydrogen-bond acceptors (Lipinski definition) is 2. The van der Waals surface area contributed by atoms with Crippen molar-refractivity contribution in [3.63, 3.8) is 0 Å². The van der Waals surface area contributed by atoms with Crippen LogP contribution < -0.4 is 0 Å². The van der Waals surface area contributed by atoms with Crippen molar-refractivity contribution >= 4 is 10.0 Å². The van der Waals surface area contributed by atoms with Crippen LogP contribution in [-0.4, -0.2) is 19.8 Å². The van der Waals surface area contributed by atoms with Gasteiger partial charge in [0.25, 0.3) is 0 Å². The maximum absolute atomic E-state index is 12.7. The molecule has 4 heteroatoms. The molecule has 0 N–H and O–H groups in total. The number of benzene rings is 2. The molecule has 0 spiro atoms. The van der Waals surface area contributed by atoms with Gasteiger partial charge < -0.3 is 0 Å². The van der Waals surface area contributed by atoms with Crippen molar-refractivity contribution in [2.75, 3.05) is 7.05 Å². The van der Waals surface area contributed by atoms with E-state index in [2.05, 4.69) is 6.92 Å². The molecule has 0 aliphatic rings. The fourth-order valence-electron chi connectivity index (χ4n) is 2.69. The summed E-state index contributed by atoms with van der Waals surface area (Å²) in [5, 5.41) is 0. The molecule has 0 atom stereocenters. The number of sulfonamides is 1. The smallest absolute Gasteiger partial charge is 0.207 e. The quantitative estimate of drug-likeness (QED) is 0.621. The standard InChI is InChI=1S/C20H27NO2S/c1-3-4-5-7-10-18-13-15-20(16-14-18)24(22,23)21(2)17-19-11-8-6-9-12-19/h6,8-9,11-16H,3-5,7,10,17H2,1-2H3. The van der Waals surface area contributed by atoms with Gasteiger partial charge in [-0.15, -0.1) is 0 Å². The summed E-state index contributed by atoms with van der Waals surface area (Å²) in [6, 6.07) is 17.0. The lowest BCUT2D eigenvalue weighted by Gasteiger charge is -2.17. The average molecular weight is 346 g/mol. The van der Waals surface area contributed by atoms with Crippen molar-refractivity contribution in [3.05, 3.63) is 65.7 Å². The second kappa shape index (κ2) is 9.00. The Balaban J connectivity index is 2.00. The summed E-state index contributed by atoms with van der Waals surface area (Å²) < 4.78 is 26.7. The largest absolute Gasteiger partial charge is 0.243 e. The zero-order chi connectivity index (χ0) is 17.4. The number of nitrogens with zero attached hydrogens (tertiary/aromatic N) is 1. The second-order valence-electron chi connectivity index (χ2n) is 6.20. The molecule has 0 saturated heterocycles. The zero-order valence-corrected chi connectivity index (χ0v) is 15.4. The molecule has 0 fully saturated rings. The molecule has 0 heterocycles. The van der Waals surface area contributed by atoms with E-state index in [-0.39, 0.29) is 0 Å². The minimum Gasteiger partial charge on any atom is -0.207 e. The molecular formula is C20H27NO2S. The van der Waals surface area contributed by atoms with E-state index in [1.54, 1.807) is 19.2 Å². The molecule has 0 saturated carbocycles. The van der Waals surface area contributed by atoms with Gasteiger partial charge in [-0.2, -0.15) is 4.31 Å². The molecule has 2 rings (SSSR count). The summed E-state index contributed by atoms with van der Waals surface area (Å²) in [6.45, 7) is 2.58. The van der Waals surface area contributed by atoms with Crippen molar-refractivity contribution in [1.82, 2.24) is 4.31 Å². The van der Waals surface area contributed by atoms with Crippen molar-refractivity contribution in [3.8, 4) is 0 Å². The van der Waals surface area contributed by atoms with Gasteiger partial charge in [0.05, 0.1) is 4.90 Å². The van der Waals surface area contributed by atoms with E-state index < -0.39 is 10.0 Å². The Bertz CT molecular complexity index is 709. The first-order valence-corrected chi connectivity index (χ1v) is 10.1. The highest BCUT2D eigenvalue weighted by Crippen LogP contribution is 2.18. The lowest BCUT2D eigenvalue weighted by Crippen LogP contribution is -2.26. The summed E-state index contributed by atoms with van der Waals surface area (Å²) in [5.41, 5.74) is 2.19. The SMILES string of the molecule is CCCCCCc1ccc(S(=O)(=O)N(C)Cc2ccccc2)cc1. The van der Waals surface area contributed by atoms with Crippen LogP contribution in [0.3, 0.4) is 0 Å². The van der Waals surface area contributed by atoms with Crippen LogP contribution in [0, 0.1) is 0 Å². The molecular weight excluding hydrogens is 318 g/mol. The third-order valence-corrected chi connectivity index (χ3v) is 6.02. The van der Waals surface area contributed by atoms with Crippen LogP contribution in [0.4, 0.5) is 0 Å². The Labute approximate surface area is 146 Å². The second-order valence-corrected chi connectivity index (χ2v) is 8.25. The van der Waals surface area contributed by atoms with Gasteiger partial charge in [-0.05, 0) is 36.1 Å². The highest BCUT2D eigenvalue weighted by Gasteiger charge is 2.20. The number of rotatable bonds is 9. The Morgan fingerprint density at radius 2 is 1.50 bits per heavy atom. The van der Waals surface area contributed by atoms with Crippen LogP contribution in [0.15, 0.2) is 59.5 Å². The van der Waals surface area contributed by atoms with Crippen LogP contribution in [-0.2, 0) is 23.0 Å². The van der Waals surface area contributed by atoms with Crippen molar-refractivity contribution in [2.24, 2.45) is 0 Å². The number of unbranched alkanes of at least 4 members (excludes halogenated alkanes) is 3. The van der Waals surface area contributed by atoms with E-state index in [0.717, 1.165) is 18.4 Å². The van der Waals surface area contributed by atoms with E-state index in [4.69, 9.17) is 0 Å². The van der Waals surface area contributed by atoms with E-state index in [9.17, 15) is 8.42 Å². The first-order valence-electron chi connectivity index (χ1n) is 8.63. The van der Waals surface area contributed by atoms with Gasteiger partial charge in [0, 0.05) is 13.6 Å². The number of aryl methyl sites for hydroxylation is 1. The van der Waals surface area contributed by atoms with Crippen LogP contribution >= 0.6 is 0 Å². The molecule has 0 radical (unpaired) electrons. The summed E-state index contributed by atoms with van der Waals surface area (Å²) in [7, 11) is -1.82. The third-order valence-electron chi connectivity index (χ3n) is 4.20. The summed E-state index contributed by atoms with van der Waals surface area (Å²) in [4.78, 5) is 0.359. The van der Waals surface area contributed by atoms with Crippen molar-refractivity contribution in [1.29, 1.82) is 0 Å². The molecule has 0 unspecified atom stereocenters. The predicted molar refractivity (Wildman–Crippen MR) is 99.4 cm³/mol. The molecule has 24 heavy (non-hydrogen) atoms. The highest BCUT2D eigenvalue weighted by atomic mass is 32.2. The fourth-order valence-corrected chi connectivity index (χ4v) is 3.85. The van der Waals surface area contributed by atoms with Gasteiger partial charge in [-0.25, -0.2) is 8.42 Å². The van der Waals surface area contributed by atoms with Crippen molar-refractivity contribution < 1.29 is 8.42 Å². The Kier molecular flexibility index (Phi) is 7.00. The van der Waals surface area contributed by atoms with Gasteiger partial charge >= 0.3 is 0 Å². The lowest BCUT2D eigenvalue weighted by atomic mass is 10.1. The Morgan fingerprint density at radius 1 is 0.833 bits per heavy atom. The minimum absolute atomic E-state index is 0.359. The maximum Gasteiger partial charge on any atom is 0.243 e. The average Bonchev–Trinajstić information content (AvgIpc) is 2.60. The van der Waals surface area contributed by atoms with Gasteiger partial charge in [-0.3, -0.25) is 0 Å². The first kappa shape index (κ1) is 18.7. The van der Waals surface area contributed by atoms with E-state index in [0.29, 0.717) is 11.4 Å². The van der Waals surface area contributed by atoms with Crippen molar-refractivity contribution in [2.45, 2.75) is 50.5 Å². The fraction of sp³-hybridized carbons (Fsp3) is 0.400. The lowest BCUT2D eigenvalue weighted by molar-refractivity contribution is 0.466. The highest BCUT2D eigenvalue weighted by molar-refractivity contribution is 7.89. The summed E-state index contributed by atoms with van der Waals surface area (Å²) in [6.07, 6.45) is 5.89. The summed E-state index contributed by atoms with van der Waals surface area (Å²) >= 11 is 0. The molecule has 0 bridgehead atoms. The predicted octanol–water partition coefficient (Wildman–Crippen LogP) is 4.63. The Morgan fingerprint density at radius 3 is 2.12 bits per heavy atom.